The van der Waals surface area contributed by atoms with Gasteiger partial charge >= 0.3 is 0 Å². The number of carbonyl (C=O) groups is 2. The molecular weight excluding hydrogens is 310 g/mol. The smallest absolute Gasteiger partial charge is 0.298 e. The molecule has 5 heteroatoms. The Kier molecular flexibility index (Phi) is 4.48. The van der Waals surface area contributed by atoms with Crippen molar-refractivity contribution in [3.8, 4) is 5.75 Å². The molecule has 0 spiro atoms. The molecular formula is C18H15NO3S. The van der Waals surface area contributed by atoms with Crippen LogP contribution in [0.5, 0.6) is 5.75 Å². The Bertz CT molecular complexity index is 754. The average Bonchev–Trinajstić information content (AvgIpc) is 2.84. The third-order valence-corrected chi connectivity index (χ3v) is 4.17. The summed E-state index contributed by atoms with van der Waals surface area (Å²) in [5, 5.41) is -0.279. The van der Waals surface area contributed by atoms with Crippen LogP contribution < -0.4 is 9.64 Å². The molecule has 23 heavy (non-hydrogen) atoms. The van der Waals surface area contributed by atoms with E-state index in [9.17, 15) is 9.59 Å². The first-order chi connectivity index (χ1) is 11.2. The third kappa shape index (κ3) is 3.29. The minimum absolute atomic E-state index is 0.279. The van der Waals surface area contributed by atoms with Gasteiger partial charge in [-0.2, -0.15) is 0 Å². The number of ether oxygens (including phenoxy) is 1. The Hall–Kier alpha value is -2.53. The normalized spacial score (nSPS) is 16.2. The number of anilines is 1. The Morgan fingerprint density at radius 1 is 1.04 bits per heavy atom. The molecule has 1 saturated heterocycles. The monoisotopic (exact) mass is 325 g/mol. The molecule has 0 bridgehead atoms. The molecule has 0 atom stereocenters. The molecule has 2 amide bonds. The van der Waals surface area contributed by atoms with Crippen LogP contribution in [0.15, 0.2) is 59.5 Å². The van der Waals surface area contributed by atoms with E-state index in [4.69, 9.17) is 4.74 Å². The second-order valence-electron chi connectivity index (χ2n) is 4.85. The first-order valence-electron chi connectivity index (χ1n) is 7.25. The second-order valence-corrected chi connectivity index (χ2v) is 5.85. The van der Waals surface area contributed by atoms with Gasteiger partial charge in [0.1, 0.15) is 5.75 Å². The minimum atomic E-state index is -0.292. The van der Waals surface area contributed by atoms with Crippen LogP contribution in [0.3, 0.4) is 0 Å². The van der Waals surface area contributed by atoms with E-state index in [1.807, 2.05) is 37.3 Å². The lowest BCUT2D eigenvalue weighted by Crippen LogP contribution is -2.27. The van der Waals surface area contributed by atoms with E-state index in [0.29, 0.717) is 17.2 Å². The van der Waals surface area contributed by atoms with E-state index >= 15 is 0 Å². The van der Waals surface area contributed by atoms with Gasteiger partial charge in [-0.1, -0.05) is 30.3 Å². The standard InChI is InChI=1S/C18H15NO3S/c1-2-22-15-10-8-13(9-11-15)12-16-17(20)19(18(21)23-16)14-6-4-3-5-7-14/h3-12H,2H2,1H3. The van der Waals surface area contributed by atoms with Crippen LogP contribution in [0.1, 0.15) is 12.5 Å². The Morgan fingerprint density at radius 2 is 1.74 bits per heavy atom. The van der Waals surface area contributed by atoms with Crippen molar-refractivity contribution in [1.29, 1.82) is 0 Å². The number of hydrogen-bond donors (Lipinski definition) is 0. The number of carbonyl (C=O) groups excluding carboxylic acids is 2. The van der Waals surface area contributed by atoms with E-state index < -0.39 is 0 Å². The zero-order chi connectivity index (χ0) is 16.2. The molecule has 4 nitrogen and oxygen atoms in total. The summed E-state index contributed by atoms with van der Waals surface area (Å²) in [5.41, 5.74) is 1.44. The van der Waals surface area contributed by atoms with Gasteiger partial charge in [0.25, 0.3) is 11.1 Å². The SMILES string of the molecule is CCOc1ccc(C=C2SC(=O)N(c3ccccc3)C2=O)cc1. The summed E-state index contributed by atoms with van der Waals surface area (Å²) in [6.45, 7) is 2.53. The average molecular weight is 325 g/mol. The highest BCUT2D eigenvalue weighted by atomic mass is 32.2. The van der Waals surface area contributed by atoms with E-state index in [1.165, 1.54) is 4.90 Å². The van der Waals surface area contributed by atoms with Crippen molar-refractivity contribution in [1.82, 2.24) is 0 Å². The summed E-state index contributed by atoms with van der Waals surface area (Å²) in [7, 11) is 0. The van der Waals surface area contributed by atoms with Crippen LogP contribution in [0.4, 0.5) is 10.5 Å². The van der Waals surface area contributed by atoms with E-state index in [-0.39, 0.29) is 11.1 Å². The van der Waals surface area contributed by atoms with E-state index in [2.05, 4.69) is 0 Å². The van der Waals surface area contributed by atoms with Crippen molar-refractivity contribution in [2.75, 3.05) is 11.5 Å². The van der Waals surface area contributed by atoms with Gasteiger partial charge in [-0.25, -0.2) is 4.90 Å². The molecule has 0 aromatic heterocycles. The number of nitrogens with zero attached hydrogens (tertiary/aromatic N) is 1. The van der Waals surface area contributed by atoms with E-state index in [0.717, 1.165) is 23.1 Å². The maximum atomic E-state index is 12.5. The number of amides is 2. The van der Waals surface area contributed by atoms with Crippen LogP contribution in [0.2, 0.25) is 0 Å². The highest BCUT2D eigenvalue weighted by molar-refractivity contribution is 8.19. The van der Waals surface area contributed by atoms with Crippen molar-refractivity contribution in [2.45, 2.75) is 6.92 Å². The number of para-hydroxylation sites is 1. The Labute approximate surface area is 138 Å². The van der Waals surface area contributed by atoms with Gasteiger partial charge in [0, 0.05) is 0 Å². The van der Waals surface area contributed by atoms with Gasteiger partial charge in [-0.05, 0) is 54.6 Å². The Balaban J connectivity index is 1.84. The lowest BCUT2D eigenvalue weighted by Gasteiger charge is -2.11. The minimum Gasteiger partial charge on any atom is -0.494 e. The molecule has 0 radical (unpaired) electrons. The van der Waals surface area contributed by atoms with Crippen LogP contribution in [0.25, 0.3) is 6.08 Å². The van der Waals surface area contributed by atoms with Gasteiger partial charge in [0.05, 0.1) is 17.2 Å². The number of imide groups is 1. The molecule has 2 aromatic rings. The quantitative estimate of drug-likeness (QED) is 0.785. The molecule has 1 fully saturated rings. The zero-order valence-corrected chi connectivity index (χ0v) is 13.4. The summed E-state index contributed by atoms with van der Waals surface area (Å²) < 4.78 is 5.39. The van der Waals surface area contributed by atoms with Crippen molar-refractivity contribution in [2.24, 2.45) is 0 Å². The van der Waals surface area contributed by atoms with Crippen LogP contribution >= 0.6 is 11.8 Å². The number of hydrogen-bond acceptors (Lipinski definition) is 4. The van der Waals surface area contributed by atoms with Crippen molar-refractivity contribution >= 4 is 34.7 Å². The zero-order valence-electron chi connectivity index (χ0n) is 12.6. The highest BCUT2D eigenvalue weighted by Crippen LogP contribution is 2.35. The molecule has 0 saturated carbocycles. The largest absolute Gasteiger partial charge is 0.494 e. The highest BCUT2D eigenvalue weighted by Gasteiger charge is 2.36. The van der Waals surface area contributed by atoms with Crippen LogP contribution in [-0.4, -0.2) is 17.8 Å². The molecule has 116 valence electrons. The lowest BCUT2D eigenvalue weighted by molar-refractivity contribution is -0.113. The lowest BCUT2D eigenvalue weighted by atomic mass is 10.2. The second kappa shape index (κ2) is 6.71. The summed E-state index contributed by atoms with van der Waals surface area (Å²) in [6.07, 6.45) is 1.73. The first-order valence-corrected chi connectivity index (χ1v) is 8.06. The van der Waals surface area contributed by atoms with Crippen molar-refractivity contribution in [3.63, 3.8) is 0 Å². The van der Waals surface area contributed by atoms with Crippen molar-refractivity contribution < 1.29 is 14.3 Å². The van der Waals surface area contributed by atoms with Gasteiger partial charge in [0.15, 0.2) is 0 Å². The molecule has 1 heterocycles. The Morgan fingerprint density at radius 3 is 2.39 bits per heavy atom. The topological polar surface area (TPSA) is 46.6 Å². The fourth-order valence-electron chi connectivity index (χ4n) is 2.25. The molecule has 2 aromatic carbocycles. The van der Waals surface area contributed by atoms with Crippen LogP contribution in [0, 0.1) is 0 Å². The molecule has 0 N–H and O–H groups in total. The fraction of sp³-hybridized carbons (Fsp3) is 0.111. The number of rotatable bonds is 4. The maximum Gasteiger partial charge on any atom is 0.298 e. The predicted octanol–water partition coefficient (Wildman–Crippen LogP) is 4.33. The summed E-state index contributed by atoms with van der Waals surface area (Å²) >= 11 is 0.953. The molecule has 1 aliphatic heterocycles. The molecule has 3 rings (SSSR count). The predicted molar refractivity (Wildman–Crippen MR) is 92.5 cm³/mol. The summed E-state index contributed by atoms with van der Waals surface area (Å²) in [6, 6.07) is 16.4. The fourth-order valence-corrected chi connectivity index (χ4v) is 3.09. The van der Waals surface area contributed by atoms with Crippen LogP contribution in [-0.2, 0) is 4.79 Å². The van der Waals surface area contributed by atoms with E-state index in [1.54, 1.807) is 30.3 Å². The number of benzene rings is 2. The summed E-state index contributed by atoms with van der Waals surface area (Å²) in [4.78, 5) is 26.2. The number of thioether (sulfide) groups is 1. The van der Waals surface area contributed by atoms with Gasteiger partial charge < -0.3 is 4.74 Å². The van der Waals surface area contributed by atoms with Gasteiger partial charge in [-0.3, -0.25) is 9.59 Å². The molecule has 0 unspecified atom stereocenters. The molecule has 1 aliphatic rings. The first kappa shape index (κ1) is 15.4. The van der Waals surface area contributed by atoms with Crippen molar-refractivity contribution in [3.05, 3.63) is 65.1 Å². The van der Waals surface area contributed by atoms with Gasteiger partial charge in [-0.15, -0.1) is 0 Å². The third-order valence-electron chi connectivity index (χ3n) is 3.30. The van der Waals surface area contributed by atoms with Gasteiger partial charge in [0.2, 0.25) is 0 Å². The summed E-state index contributed by atoms with van der Waals surface area (Å²) in [5.74, 6) is 0.488. The maximum absolute atomic E-state index is 12.5. The molecule has 0 aliphatic carbocycles.